The molecule has 2 heteroatoms. The summed E-state index contributed by atoms with van der Waals surface area (Å²) in [5.41, 5.74) is 3.15. The van der Waals surface area contributed by atoms with Gasteiger partial charge in [0.05, 0.1) is 13.2 Å². The summed E-state index contributed by atoms with van der Waals surface area (Å²) in [4.78, 5) is 0. The molecule has 0 aromatic heterocycles. The number of ether oxygens (including phenoxy) is 2. The van der Waals surface area contributed by atoms with E-state index in [9.17, 15) is 0 Å². The first kappa shape index (κ1) is 18.1. The van der Waals surface area contributed by atoms with Gasteiger partial charge in [-0.15, -0.1) is 0 Å². The molecule has 2 aromatic rings. The van der Waals surface area contributed by atoms with Crippen molar-refractivity contribution in [2.45, 2.75) is 27.7 Å². The molecular weight excluding hydrogens is 296 g/mol. The van der Waals surface area contributed by atoms with Crippen molar-refractivity contribution in [1.29, 1.82) is 0 Å². The van der Waals surface area contributed by atoms with Gasteiger partial charge in [-0.25, -0.2) is 0 Å². The van der Waals surface area contributed by atoms with Crippen molar-refractivity contribution in [3.8, 4) is 11.5 Å². The first-order valence-corrected chi connectivity index (χ1v) is 8.61. The largest absolute Gasteiger partial charge is 0.489 e. The van der Waals surface area contributed by atoms with Gasteiger partial charge >= 0.3 is 0 Å². The van der Waals surface area contributed by atoms with Crippen molar-refractivity contribution < 1.29 is 9.47 Å². The second-order valence-corrected chi connectivity index (χ2v) is 6.92. The molecule has 0 bridgehead atoms. The van der Waals surface area contributed by atoms with Crippen LogP contribution in [-0.4, -0.2) is 13.2 Å². The molecule has 128 valence electrons. The van der Waals surface area contributed by atoms with Crippen LogP contribution < -0.4 is 9.47 Å². The van der Waals surface area contributed by atoms with E-state index in [1.54, 1.807) is 0 Å². The van der Waals surface area contributed by atoms with Crippen molar-refractivity contribution >= 4 is 5.57 Å². The highest BCUT2D eigenvalue weighted by atomic mass is 16.5. The van der Waals surface area contributed by atoms with Crippen LogP contribution in [0.15, 0.2) is 55.1 Å². The Balaban J connectivity index is 2.26. The van der Waals surface area contributed by atoms with E-state index in [-0.39, 0.29) is 0 Å². The lowest BCUT2D eigenvalue weighted by molar-refractivity contribution is 0.229. The second kappa shape index (κ2) is 8.58. The quantitative estimate of drug-likeness (QED) is 0.609. The third-order valence-corrected chi connectivity index (χ3v) is 3.56. The van der Waals surface area contributed by atoms with E-state index in [0.717, 1.165) is 28.2 Å². The second-order valence-electron chi connectivity index (χ2n) is 6.92. The standard InChI is InChI=1S/C22H28O2/c1-16(2)14-23-21-12-11-20(13-22(21)24-15-17(3)4)18(5)19-9-7-6-8-10-19/h6-13,16-17H,5,14-15H2,1-4H3. The molecule has 0 aliphatic heterocycles. The van der Waals surface area contributed by atoms with E-state index in [1.165, 1.54) is 0 Å². The summed E-state index contributed by atoms with van der Waals surface area (Å²) in [7, 11) is 0. The zero-order chi connectivity index (χ0) is 17.5. The van der Waals surface area contributed by atoms with Gasteiger partial charge in [0.1, 0.15) is 0 Å². The molecule has 0 N–H and O–H groups in total. The molecule has 0 radical (unpaired) electrons. The lowest BCUT2D eigenvalue weighted by Crippen LogP contribution is -2.09. The van der Waals surface area contributed by atoms with Crippen LogP contribution in [0.5, 0.6) is 11.5 Å². The molecule has 0 atom stereocenters. The van der Waals surface area contributed by atoms with Crippen LogP contribution in [0.1, 0.15) is 38.8 Å². The Morgan fingerprint density at radius 1 is 0.792 bits per heavy atom. The smallest absolute Gasteiger partial charge is 0.161 e. The Bertz CT molecular complexity index is 657. The molecule has 0 spiro atoms. The molecule has 0 saturated carbocycles. The van der Waals surface area contributed by atoms with Crippen LogP contribution in [0.25, 0.3) is 5.57 Å². The summed E-state index contributed by atoms with van der Waals surface area (Å²) in [6, 6.07) is 16.3. The fourth-order valence-electron chi connectivity index (χ4n) is 2.25. The summed E-state index contributed by atoms with van der Waals surface area (Å²) >= 11 is 0. The summed E-state index contributed by atoms with van der Waals surface area (Å²) in [5.74, 6) is 2.53. The summed E-state index contributed by atoms with van der Waals surface area (Å²) < 4.78 is 11.9. The number of hydrogen-bond donors (Lipinski definition) is 0. The van der Waals surface area contributed by atoms with Gasteiger partial charge in [-0.1, -0.05) is 70.7 Å². The minimum Gasteiger partial charge on any atom is -0.489 e. The predicted molar refractivity (Wildman–Crippen MR) is 102 cm³/mol. The van der Waals surface area contributed by atoms with E-state index >= 15 is 0 Å². The van der Waals surface area contributed by atoms with Gasteiger partial charge in [-0.05, 0) is 40.7 Å². The van der Waals surface area contributed by atoms with Gasteiger partial charge in [-0.2, -0.15) is 0 Å². The molecule has 0 amide bonds. The van der Waals surface area contributed by atoms with E-state index < -0.39 is 0 Å². The maximum absolute atomic E-state index is 5.99. The van der Waals surface area contributed by atoms with Crippen molar-refractivity contribution in [2.24, 2.45) is 11.8 Å². The van der Waals surface area contributed by atoms with Crippen LogP contribution >= 0.6 is 0 Å². The van der Waals surface area contributed by atoms with Crippen LogP contribution in [-0.2, 0) is 0 Å². The highest BCUT2D eigenvalue weighted by Crippen LogP contribution is 2.33. The lowest BCUT2D eigenvalue weighted by atomic mass is 9.99. The van der Waals surface area contributed by atoms with Crippen LogP contribution in [0.2, 0.25) is 0 Å². The van der Waals surface area contributed by atoms with Gasteiger partial charge in [0.25, 0.3) is 0 Å². The van der Waals surface area contributed by atoms with Gasteiger partial charge < -0.3 is 9.47 Å². The van der Waals surface area contributed by atoms with Crippen LogP contribution in [0.4, 0.5) is 0 Å². The summed E-state index contributed by atoms with van der Waals surface area (Å²) in [6.45, 7) is 14.1. The van der Waals surface area contributed by atoms with Gasteiger partial charge in [0.15, 0.2) is 11.5 Å². The third-order valence-electron chi connectivity index (χ3n) is 3.56. The van der Waals surface area contributed by atoms with Crippen LogP contribution in [0.3, 0.4) is 0 Å². The Labute approximate surface area is 146 Å². The monoisotopic (exact) mass is 324 g/mol. The number of rotatable bonds is 8. The molecule has 0 unspecified atom stereocenters. The third kappa shape index (κ3) is 5.16. The molecule has 0 fully saturated rings. The maximum atomic E-state index is 5.99. The maximum Gasteiger partial charge on any atom is 0.161 e. The Morgan fingerprint density at radius 2 is 1.38 bits per heavy atom. The fourth-order valence-corrected chi connectivity index (χ4v) is 2.25. The van der Waals surface area contributed by atoms with Crippen molar-refractivity contribution in [1.82, 2.24) is 0 Å². The van der Waals surface area contributed by atoms with Crippen molar-refractivity contribution in [3.05, 3.63) is 66.2 Å². The first-order valence-electron chi connectivity index (χ1n) is 8.61. The molecule has 2 aromatic carbocycles. The summed E-state index contributed by atoms with van der Waals surface area (Å²) in [6.07, 6.45) is 0. The normalized spacial score (nSPS) is 10.9. The average Bonchev–Trinajstić information content (AvgIpc) is 2.58. The molecule has 0 heterocycles. The SMILES string of the molecule is C=C(c1ccccc1)c1ccc(OCC(C)C)c(OCC(C)C)c1. The first-order chi connectivity index (χ1) is 11.5. The molecule has 24 heavy (non-hydrogen) atoms. The highest BCUT2D eigenvalue weighted by Gasteiger charge is 2.11. The lowest BCUT2D eigenvalue weighted by Gasteiger charge is -2.17. The van der Waals surface area contributed by atoms with E-state index in [1.807, 2.05) is 36.4 Å². The van der Waals surface area contributed by atoms with Gasteiger partial charge in [-0.3, -0.25) is 0 Å². The predicted octanol–water partition coefficient (Wildman–Crippen LogP) is 5.82. The number of hydrogen-bond acceptors (Lipinski definition) is 2. The Morgan fingerprint density at radius 3 is 1.96 bits per heavy atom. The van der Waals surface area contributed by atoms with Crippen molar-refractivity contribution in [3.63, 3.8) is 0 Å². The Hall–Kier alpha value is -2.22. The molecule has 0 aliphatic carbocycles. The minimum atomic E-state index is 0.462. The zero-order valence-corrected chi connectivity index (χ0v) is 15.2. The van der Waals surface area contributed by atoms with Crippen molar-refractivity contribution in [2.75, 3.05) is 13.2 Å². The van der Waals surface area contributed by atoms with E-state index in [4.69, 9.17) is 9.47 Å². The molecular formula is C22H28O2. The van der Waals surface area contributed by atoms with E-state index in [2.05, 4.69) is 46.4 Å². The molecule has 2 rings (SSSR count). The fraction of sp³-hybridized carbons (Fsp3) is 0.364. The molecule has 0 aliphatic rings. The number of benzene rings is 2. The summed E-state index contributed by atoms with van der Waals surface area (Å²) in [5, 5.41) is 0. The average molecular weight is 324 g/mol. The molecule has 0 saturated heterocycles. The van der Waals surface area contributed by atoms with Gasteiger partial charge in [0.2, 0.25) is 0 Å². The molecule has 2 nitrogen and oxygen atoms in total. The van der Waals surface area contributed by atoms with E-state index in [0.29, 0.717) is 25.0 Å². The topological polar surface area (TPSA) is 18.5 Å². The highest BCUT2D eigenvalue weighted by molar-refractivity contribution is 5.79. The minimum absolute atomic E-state index is 0.462. The van der Waals surface area contributed by atoms with Gasteiger partial charge in [0, 0.05) is 0 Å². The zero-order valence-electron chi connectivity index (χ0n) is 15.2. The Kier molecular flexibility index (Phi) is 6.48. The van der Waals surface area contributed by atoms with Crippen LogP contribution in [0, 0.1) is 11.8 Å².